The molecule has 0 saturated carbocycles. The number of benzene rings is 2. The maximum absolute atomic E-state index is 14.2. The van der Waals surface area contributed by atoms with Gasteiger partial charge in [0.1, 0.15) is 11.9 Å². The van der Waals surface area contributed by atoms with Crippen LogP contribution in [0.1, 0.15) is 37.0 Å². The van der Waals surface area contributed by atoms with Gasteiger partial charge in [-0.05, 0) is 38.0 Å². The summed E-state index contributed by atoms with van der Waals surface area (Å²) in [6, 6.07) is 11.5. The van der Waals surface area contributed by atoms with E-state index in [4.69, 9.17) is 11.6 Å². The van der Waals surface area contributed by atoms with Crippen LogP contribution in [0.3, 0.4) is 0 Å². The van der Waals surface area contributed by atoms with E-state index in [1.54, 1.807) is 6.07 Å². The molecule has 0 heterocycles. The summed E-state index contributed by atoms with van der Waals surface area (Å²) < 4.78 is 14.2. The summed E-state index contributed by atoms with van der Waals surface area (Å²) in [7, 11) is 0. The number of carbonyl (C=O) groups is 2. The van der Waals surface area contributed by atoms with E-state index in [2.05, 4.69) is 5.32 Å². The Balaban J connectivity index is 2.35. The van der Waals surface area contributed by atoms with E-state index in [-0.39, 0.29) is 35.4 Å². The number of nitrogens with one attached hydrogen (secondary N) is 1. The Hall–Kier alpha value is -2.40. The maximum atomic E-state index is 14.2. The number of carbonyl (C=O) groups excluding carboxylic acids is 2. The first-order valence-electron chi connectivity index (χ1n) is 9.42. The van der Waals surface area contributed by atoms with Crippen LogP contribution in [0.5, 0.6) is 0 Å². The SMILES string of the molecule is CCNC(=O)[C@H](CC)N(Cc1cccc(C)c1)C(=O)Cc1c(F)cccc1Cl. The summed E-state index contributed by atoms with van der Waals surface area (Å²) >= 11 is 6.09. The fourth-order valence-electron chi connectivity index (χ4n) is 3.17. The Kier molecular flexibility index (Phi) is 8.00. The van der Waals surface area contributed by atoms with E-state index >= 15 is 0 Å². The molecule has 4 nitrogen and oxygen atoms in total. The van der Waals surface area contributed by atoms with Crippen LogP contribution in [0.4, 0.5) is 4.39 Å². The minimum absolute atomic E-state index is 0.147. The molecule has 0 bridgehead atoms. The fraction of sp³-hybridized carbons (Fsp3) is 0.364. The molecule has 0 fully saturated rings. The fourth-order valence-corrected chi connectivity index (χ4v) is 3.40. The normalized spacial score (nSPS) is 11.8. The standard InChI is InChI=1S/C22H26ClFN2O2/c1-4-20(22(28)25-5-2)26(14-16-9-6-8-15(3)12-16)21(27)13-17-18(23)10-7-11-19(17)24/h6-12,20H,4-5,13-14H2,1-3H3,(H,25,28)/t20-/m0/s1. The third kappa shape index (κ3) is 5.55. The van der Waals surface area contributed by atoms with Crippen molar-refractivity contribution in [1.29, 1.82) is 0 Å². The van der Waals surface area contributed by atoms with Crippen molar-refractivity contribution in [3.05, 3.63) is 70.0 Å². The number of hydrogen-bond donors (Lipinski definition) is 1. The van der Waals surface area contributed by atoms with Gasteiger partial charge in [0.2, 0.25) is 11.8 Å². The van der Waals surface area contributed by atoms with Crippen LogP contribution < -0.4 is 5.32 Å². The van der Waals surface area contributed by atoms with Gasteiger partial charge < -0.3 is 10.2 Å². The molecule has 0 unspecified atom stereocenters. The predicted octanol–water partition coefficient (Wildman–Crippen LogP) is 4.27. The average molecular weight is 405 g/mol. The van der Waals surface area contributed by atoms with Gasteiger partial charge >= 0.3 is 0 Å². The van der Waals surface area contributed by atoms with Gasteiger partial charge in [0.25, 0.3) is 0 Å². The number of likely N-dealkylation sites (N-methyl/N-ethyl adjacent to an activating group) is 1. The molecule has 0 aromatic heterocycles. The van der Waals surface area contributed by atoms with Crippen LogP contribution in [0, 0.1) is 12.7 Å². The van der Waals surface area contributed by atoms with E-state index in [1.165, 1.54) is 17.0 Å². The number of nitrogens with zero attached hydrogens (tertiary/aromatic N) is 1. The number of halogens is 2. The van der Waals surface area contributed by atoms with E-state index in [1.807, 2.05) is 45.0 Å². The molecule has 2 aromatic carbocycles. The van der Waals surface area contributed by atoms with E-state index < -0.39 is 11.9 Å². The molecule has 28 heavy (non-hydrogen) atoms. The first-order chi connectivity index (χ1) is 13.4. The van der Waals surface area contributed by atoms with Crippen LogP contribution in [0.15, 0.2) is 42.5 Å². The highest BCUT2D eigenvalue weighted by Gasteiger charge is 2.29. The summed E-state index contributed by atoms with van der Waals surface area (Å²) in [6.07, 6.45) is 0.252. The number of hydrogen-bond acceptors (Lipinski definition) is 2. The second-order valence-corrected chi connectivity index (χ2v) is 7.11. The van der Waals surface area contributed by atoms with E-state index in [0.29, 0.717) is 13.0 Å². The van der Waals surface area contributed by atoms with Crippen LogP contribution in [0.2, 0.25) is 5.02 Å². The highest BCUT2D eigenvalue weighted by Crippen LogP contribution is 2.22. The molecule has 6 heteroatoms. The second-order valence-electron chi connectivity index (χ2n) is 6.71. The lowest BCUT2D eigenvalue weighted by Crippen LogP contribution is -2.49. The molecule has 1 N–H and O–H groups in total. The molecule has 0 aliphatic heterocycles. The monoisotopic (exact) mass is 404 g/mol. The van der Waals surface area contributed by atoms with Gasteiger partial charge in [-0.25, -0.2) is 4.39 Å². The molecule has 0 aliphatic carbocycles. The first-order valence-corrected chi connectivity index (χ1v) is 9.80. The third-order valence-corrected chi connectivity index (χ3v) is 4.92. The average Bonchev–Trinajstić information content (AvgIpc) is 2.65. The van der Waals surface area contributed by atoms with Crippen molar-refractivity contribution in [2.75, 3.05) is 6.54 Å². The van der Waals surface area contributed by atoms with Crippen LogP contribution in [0.25, 0.3) is 0 Å². The van der Waals surface area contributed by atoms with E-state index in [9.17, 15) is 14.0 Å². The summed E-state index contributed by atoms with van der Waals surface area (Å²) in [5.41, 5.74) is 2.12. The minimum Gasteiger partial charge on any atom is -0.355 e. The largest absolute Gasteiger partial charge is 0.355 e. The van der Waals surface area contributed by atoms with E-state index in [0.717, 1.165) is 11.1 Å². The summed E-state index contributed by atoms with van der Waals surface area (Å²) in [5, 5.41) is 2.99. The van der Waals surface area contributed by atoms with Crippen molar-refractivity contribution < 1.29 is 14.0 Å². The van der Waals surface area contributed by atoms with Gasteiger partial charge in [0.05, 0.1) is 6.42 Å². The molecule has 2 rings (SSSR count). The van der Waals surface area contributed by atoms with Crippen LogP contribution in [-0.2, 0) is 22.6 Å². The Morgan fingerprint density at radius 1 is 1.18 bits per heavy atom. The Labute approximate surface area is 170 Å². The van der Waals surface area contributed by atoms with Crippen molar-refractivity contribution in [2.24, 2.45) is 0 Å². The lowest BCUT2D eigenvalue weighted by atomic mass is 10.1. The summed E-state index contributed by atoms with van der Waals surface area (Å²) in [6.45, 7) is 6.39. The molecule has 0 spiro atoms. The second kappa shape index (κ2) is 10.2. The molecule has 0 saturated heterocycles. The smallest absolute Gasteiger partial charge is 0.242 e. The number of amides is 2. The lowest BCUT2D eigenvalue weighted by Gasteiger charge is -2.31. The molecular weight excluding hydrogens is 379 g/mol. The van der Waals surface area contributed by atoms with Crippen molar-refractivity contribution in [3.63, 3.8) is 0 Å². The van der Waals surface area contributed by atoms with Gasteiger partial charge in [-0.2, -0.15) is 0 Å². The zero-order valence-corrected chi connectivity index (χ0v) is 17.2. The lowest BCUT2D eigenvalue weighted by molar-refractivity contribution is -0.140. The molecular formula is C22H26ClFN2O2. The molecule has 150 valence electrons. The number of rotatable bonds is 8. The van der Waals surface area contributed by atoms with Gasteiger partial charge in [0.15, 0.2) is 0 Å². The molecule has 2 aromatic rings. The molecule has 2 amide bonds. The molecule has 1 atom stereocenters. The molecule has 0 aliphatic rings. The van der Waals surface area contributed by atoms with Crippen LogP contribution >= 0.6 is 11.6 Å². The zero-order valence-electron chi connectivity index (χ0n) is 16.5. The Bertz CT molecular complexity index is 821. The zero-order chi connectivity index (χ0) is 20.7. The van der Waals surface area contributed by atoms with Gasteiger partial charge in [-0.15, -0.1) is 0 Å². The van der Waals surface area contributed by atoms with Crippen molar-refractivity contribution in [1.82, 2.24) is 10.2 Å². The topological polar surface area (TPSA) is 49.4 Å². The highest BCUT2D eigenvalue weighted by molar-refractivity contribution is 6.31. The quantitative estimate of drug-likeness (QED) is 0.714. The first kappa shape index (κ1) is 21.9. The summed E-state index contributed by atoms with van der Waals surface area (Å²) in [5.74, 6) is -1.08. The predicted molar refractivity (Wildman–Crippen MR) is 110 cm³/mol. The van der Waals surface area contributed by atoms with Gasteiger partial charge in [-0.3, -0.25) is 9.59 Å². The van der Waals surface area contributed by atoms with Crippen LogP contribution in [-0.4, -0.2) is 29.3 Å². The third-order valence-electron chi connectivity index (χ3n) is 4.56. The molecule has 0 radical (unpaired) electrons. The van der Waals surface area contributed by atoms with Crippen molar-refractivity contribution in [2.45, 2.75) is 46.2 Å². The number of aryl methyl sites for hydroxylation is 1. The summed E-state index contributed by atoms with van der Waals surface area (Å²) in [4.78, 5) is 27.2. The van der Waals surface area contributed by atoms with Gasteiger partial charge in [-0.1, -0.05) is 54.4 Å². The van der Waals surface area contributed by atoms with Crippen molar-refractivity contribution in [3.8, 4) is 0 Å². The highest BCUT2D eigenvalue weighted by atomic mass is 35.5. The Morgan fingerprint density at radius 2 is 1.89 bits per heavy atom. The minimum atomic E-state index is -0.640. The maximum Gasteiger partial charge on any atom is 0.242 e. The van der Waals surface area contributed by atoms with Crippen molar-refractivity contribution >= 4 is 23.4 Å². The Morgan fingerprint density at radius 3 is 2.50 bits per heavy atom. The van der Waals surface area contributed by atoms with Gasteiger partial charge in [0, 0.05) is 23.7 Å².